The van der Waals surface area contributed by atoms with Gasteiger partial charge in [-0.25, -0.2) is 0 Å². The molecule has 96 valence electrons. The molecular weight excluding hydrogens is 226 g/mol. The van der Waals surface area contributed by atoms with Crippen molar-refractivity contribution in [1.29, 1.82) is 0 Å². The van der Waals surface area contributed by atoms with Gasteiger partial charge in [-0.1, -0.05) is 32.1 Å². The number of unbranched alkanes of at least 4 members (excludes halogenated alkanes) is 1. The van der Waals surface area contributed by atoms with Gasteiger partial charge >= 0.3 is 0 Å². The Labute approximate surface area is 106 Å². The van der Waals surface area contributed by atoms with Gasteiger partial charge in [-0.3, -0.25) is 0 Å². The third-order valence-corrected chi connectivity index (χ3v) is 4.63. The molecule has 2 nitrogen and oxygen atoms in total. The number of hydrogen-bond donors (Lipinski definition) is 1. The number of anilines is 1. The third kappa shape index (κ3) is 6.37. The molecule has 1 rings (SSSR count). The zero-order valence-corrected chi connectivity index (χ0v) is 12.5. The summed E-state index contributed by atoms with van der Waals surface area (Å²) >= 11 is 0. The Bertz CT molecular complexity index is 316. The molecule has 0 heterocycles. The normalized spacial score (nSPS) is 11.3. The molecule has 1 aromatic carbocycles. The number of benzene rings is 1. The van der Waals surface area contributed by atoms with Crippen LogP contribution in [0, 0.1) is 0 Å². The van der Waals surface area contributed by atoms with E-state index in [-0.39, 0.29) is 0 Å². The van der Waals surface area contributed by atoms with Crippen LogP contribution >= 0.6 is 0 Å². The Morgan fingerprint density at radius 2 is 1.71 bits per heavy atom. The van der Waals surface area contributed by atoms with Crippen molar-refractivity contribution in [2.24, 2.45) is 0 Å². The summed E-state index contributed by atoms with van der Waals surface area (Å²) in [6, 6.07) is 9.54. The van der Waals surface area contributed by atoms with Crippen LogP contribution in [0.15, 0.2) is 24.3 Å². The van der Waals surface area contributed by atoms with Gasteiger partial charge in [-0.05, 0) is 30.7 Å². The van der Waals surface area contributed by atoms with Gasteiger partial charge in [-0.2, -0.15) is 0 Å². The first-order valence-corrected chi connectivity index (χ1v) is 10.1. The summed E-state index contributed by atoms with van der Waals surface area (Å²) in [7, 11) is 0.850. The zero-order valence-electron chi connectivity index (χ0n) is 11.5. The fourth-order valence-corrected chi connectivity index (χ4v) is 3.03. The first-order valence-electron chi connectivity index (χ1n) is 6.39. The van der Waals surface area contributed by atoms with Crippen LogP contribution in [0.3, 0.4) is 0 Å². The van der Waals surface area contributed by atoms with Crippen LogP contribution < -0.4 is 10.1 Å². The Morgan fingerprint density at radius 3 is 2.24 bits per heavy atom. The van der Waals surface area contributed by atoms with E-state index in [2.05, 4.69) is 37.1 Å². The predicted octanol–water partition coefficient (Wildman–Crippen LogP) is 4.23. The lowest BCUT2D eigenvalue weighted by Gasteiger charge is -2.15. The Hall–Kier alpha value is -0.963. The Morgan fingerprint density at radius 1 is 1.06 bits per heavy atom. The van der Waals surface area contributed by atoms with Crippen molar-refractivity contribution in [2.45, 2.75) is 38.5 Å². The molecule has 0 aromatic heterocycles. The van der Waals surface area contributed by atoms with E-state index in [1.54, 1.807) is 7.11 Å². The first kappa shape index (κ1) is 14.1. The molecule has 0 saturated carbocycles. The Kier molecular flexibility index (Phi) is 5.55. The lowest BCUT2D eigenvalue weighted by Crippen LogP contribution is -2.19. The maximum absolute atomic E-state index is 5.13. The van der Waals surface area contributed by atoms with Crippen molar-refractivity contribution in [3.63, 3.8) is 0 Å². The summed E-state index contributed by atoms with van der Waals surface area (Å²) < 4.78 is 5.13. The van der Waals surface area contributed by atoms with Crippen LogP contribution in [0.5, 0.6) is 5.75 Å². The molecule has 0 radical (unpaired) electrons. The van der Waals surface area contributed by atoms with E-state index >= 15 is 0 Å². The van der Waals surface area contributed by atoms with E-state index in [4.69, 9.17) is 4.74 Å². The summed E-state index contributed by atoms with van der Waals surface area (Å²) in [5.41, 5.74) is 1.18. The largest absolute Gasteiger partial charge is 0.497 e. The van der Waals surface area contributed by atoms with E-state index in [0.29, 0.717) is 0 Å². The zero-order chi connectivity index (χ0) is 12.7. The maximum Gasteiger partial charge on any atom is 0.119 e. The minimum Gasteiger partial charge on any atom is -0.497 e. The van der Waals surface area contributed by atoms with Crippen molar-refractivity contribution in [3.8, 4) is 5.75 Å². The SMILES string of the molecule is COc1ccc(NCCCC[Si](C)(C)C)cc1. The second-order valence-electron chi connectivity index (χ2n) is 5.67. The second-order valence-corrected chi connectivity index (χ2v) is 11.3. The van der Waals surface area contributed by atoms with Crippen molar-refractivity contribution >= 4 is 13.8 Å². The Balaban J connectivity index is 2.18. The third-order valence-electron chi connectivity index (χ3n) is 2.77. The fraction of sp³-hybridized carbons (Fsp3) is 0.571. The highest BCUT2D eigenvalue weighted by molar-refractivity contribution is 6.76. The highest BCUT2D eigenvalue weighted by Gasteiger charge is 2.11. The van der Waals surface area contributed by atoms with Crippen molar-refractivity contribution < 1.29 is 4.74 Å². The minimum absolute atomic E-state index is 0.843. The topological polar surface area (TPSA) is 21.3 Å². The quantitative estimate of drug-likeness (QED) is 0.578. The van der Waals surface area contributed by atoms with Crippen molar-refractivity contribution in [2.75, 3.05) is 19.0 Å². The standard InChI is InChI=1S/C14H25NOSi/c1-16-14-9-7-13(8-10-14)15-11-5-6-12-17(2,3)4/h7-10,15H,5-6,11-12H2,1-4H3. The van der Waals surface area contributed by atoms with E-state index in [0.717, 1.165) is 12.3 Å². The molecule has 0 bridgehead atoms. The van der Waals surface area contributed by atoms with Crippen LogP contribution in [0.25, 0.3) is 0 Å². The number of hydrogen-bond acceptors (Lipinski definition) is 2. The molecule has 0 saturated heterocycles. The molecule has 17 heavy (non-hydrogen) atoms. The van der Waals surface area contributed by atoms with Crippen LogP contribution in [0.1, 0.15) is 12.8 Å². The lowest BCUT2D eigenvalue weighted by atomic mass is 10.3. The van der Waals surface area contributed by atoms with Gasteiger partial charge in [0.05, 0.1) is 7.11 Å². The van der Waals surface area contributed by atoms with Crippen LogP contribution in [0.4, 0.5) is 5.69 Å². The number of rotatable bonds is 7. The van der Waals surface area contributed by atoms with Gasteiger partial charge in [0, 0.05) is 20.3 Å². The highest BCUT2D eigenvalue weighted by Crippen LogP contribution is 2.16. The summed E-state index contributed by atoms with van der Waals surface area (Å²) in [4.78, 5) is 0. The molecule has 0 spiro atoms. The maximum atomic E-state index is 5.13. The second kappa shape index (κ2) is 6.69. The first-order chi connectivity index (χ1) is 8.01. The van der Waals surface area contributed by atoms with Crippen LogP contribution in [0.2, 0.25) is 25.7 Å². The number of nitrogens with one attached hydrogen (secondary N) is 1. The average Bonchev–Trinajstić information content (AvgIpc) is 2.28. The smallest absolute Gasteiger partial charge is 0.119 e. The molecule has 3 heteroatoms. The molecule has 1 N–H and O–H groups in total. The molecule has 0 amide bonds. The van der Waals surface area contributed by atoms with E-state index in [1.165, 1.54) is 24.6 Å². The van der Waals surface area contributed by atoms with Crippen molar-refractivity contribution in [1.82, 2.24) is 0 Å². The fourth-order valence-electron chi connectivity index (χ4n) is 1.72. The van der Waals surface area contributed by atoms with Gasteiger partial charge < -0.3 is 10.1 Å². The van der Waals surface area contributed by atoms with Crippen molar-refractivity contribution in [3.05, 3.63) is 24.3 Å². The van der Waals surface area contributed by atoms with Gasteiger partial charge in [0.2, 0.25) is 0 Å². The highest BCUT2D eigenvalue weighted by atomic mass is 28.3. The molecule has 1 aromatic rings. The van der Waals surface area contributed by atoms with Crippen LogP contribution in [-0.2, 0) is 0 Å². The van der Waals surface area contributed by atoms with Crippen LogP contribution in [-0.4, -0.2) is 21.7 Å². The monoisotopic (exact) mass is 251 g/mol. The summed E-state index contributed by atoms with van der Waals surface area (Å²) in [5.74, 6) is 0.911. The molecule has 0 aliphatic heterocycles. The minimum atomic E-state index is -0.843. The van der Waals surface area contributed by atoms with Gasteiger partial charge in [0.1, 0.15) is 5.75 Å². The lowest BCUT2D eigenvalue weighted by molar-refractivity contribution is 0.415. The average molecular weight is 251 g/mol. The molecular formula is C14H25NOSi. The predicted molar refractivity (Wildman–Crippen MR) is 78.9 cm³/mol. The van der Waals surface area contributed by atoms with Gasteiger partial charge in [0.15, 0.2) is 0 Å². The number of methoxy groups -OCH3 is 1. The molecule has 0 fully saturated rings. The molecule has 0 unspecified atom stereocenters. The van der Waals surface area contributed by atoms with E-state index in [1.807, 2.05) is 12.1 Å². The van der Waals surface area contributed by atoms with Gasteiger partial charge in [0.25, 0.3) is 0 Å². The van der Waals surface area contributed by atoms with E-state index < -0.39 is 8.07 Å². The molecule has 0 aliphatic rings. The summed E-state index contributed by atoms with van der Waals surface area (Å²) in [5, 5.41) is 3.44. The van der Waals surface area contributed by atoms with E-state index in [9.17, 15) is 0 Å². The molecule has 0 atom stereocenters. The molecule has 0 aliphatic carbocycles. The number of ether oxygens (including phenoxy) is 1. The summed E-state index contributed by atoms with van der Waals surface area (Å²) in [6.07, 6.45) is 2.61. The summed E-state index contributed by atoms with van der Waals surface area (Å²) in [6.45, 7) is 8.37. The van der Waals surface area contributed by atoms with Gasteiger partial charge in [-0.15, -0.1) is 0 Å².